The van der Waals surface area contributed by atoms with Crippen LogP contribution < -0.4 is 11.1 Å². The van der Waals surface area contributed by atoms with Gasteiger partial charge in [-0.15, -0.1) is 11.3 Å². The van der Waals surface area contributed by atoms with Crippen LogP contribution in [0.25, 0.3) is 0 Å². The molecule has 0 radical (unpaired) electrons. The van der Waals surface area contributed by atoms with Gasteiger partial charge in [0.1, 0.15) is 0 Å². The van der Waals surface area contributed by atoms with Gasteiger partial charge in [0.05, 0.1) is 5.41 Å². The van der Waals surface area contributed by atoms with Crippen LogP contribution in [-0.2, 0) is 11.2 Å². The lowest BCUT2D eigenvalue weighted by molar-refractivity contribution is -0.131. The molecule has 1 amide bonds. The number of carbonyl (C=O) groups excluding carboxylic acids is 1. The van der Waals surface area contributed by atoms with Gasteiger partial charge in [0.15, 0.2) is 0 Å². The third-order valence-corrected chi connectivity index (χ3v) is 4.59. The molecule has 1 atom stereocenters. The van der Waals surface area contributed by atoms with Gasteiger partial charge < -0.3 is 11.1 Å². The van der Waals surface area contributed by atoms with Crippen molar-refractivity contribution in [2.45, 2.75) is 46.1 Å². The second kappa shape index (κ2) is 6.90. The van der Waals surface area contributed by atoms with Crippen LogP contribution in [-0.4, -0.2) is 18.5 Å². The number of nitrogens with two attached hydrogens (primary N) is 1. The standard InChI is InChI=1S/C14H24N2OS/c1-4-14(5-2,10-15)13(17)16-11(3)9-12-7-6-8-18-12/h6-8,11H,4-5,9-10,15H2,1-3H3,(H,16,17)/t11-/m1/s1. The minimum Gasteiger partial charge on any atom is -0.353 e. The van der Waals surface area contributed by atoms with Crippen LogP contribution in [0.4, 0.5) is 0 Å². The van der Waals surface area contributed by atoms with Crippen LogP contribution in [0.2, 0.25) is 0 Å². The average Bonchev–Trinajstić information content (AvgIpc) is 2.84. The molecule has 102 valence electrons. The van der Waals surface area contributed by atoms with E-state index in [1.165, 1.54) is 4.88 Å². The Bertz CT molecular complexity index is 350. The van der Waals surface area contributed by atoms with Crippen molar-refractivity contribution in [1.29, 1.82) is 0 Å². The minimum absolute atomic E-state index is 0.0963. The molecule has 0 bridgehead atoms. The Labute approximate surface area is 114 Å². The first-order valence-electron chi connectivity index (χ1n) is 6.61. The van der Waals surface area contributed by atoms with E-state index in [1.807, 2.05) is 26.8 Å². The number of amides is 1. The van der Waals surface area contributed by atoms with Crippen molar-refractivity contribution in [3.05, 3.63) is 22.4 Å². The summed E-state index contributed by atoms with van der Waals surface area (Å²) in [6, 6.07) is 4.29. The van der Waals surface area contributed by atoms with Crippen LogP contribution in [0.1, 0.15) is 38.5 Å². The Balaban J connectivity index is 2.57. The van der Waals surface area contributed by atoms with Gasteiger partial charge in [-0.05, 0) is 31.2 Å². The van der Waals surface area contributed by atoms with E-state index in [4.69, 9.17) is 5.73 Å². The summed E-state index contributed by atoms with van der Waals surface area (Å²) in [4.78, 5) is 13.6. The molecule has 0 spiro atoms. The maximum absolute atomic E-state index is 12.3. The fourth-order valence-electron chi connectivity index (χ4n) is 2.11. The Morgan fingerprint density at radius 2 is 2.17 bits per heavy atom. The first-order chi connectivity index (χ1) is 8.57. The highest BCUT2D eigenvalue weighted by atomic mass is 32.1. The quantitative estimate of drug-likeness (QED) is 0.798. The molecular formula is C14H24N2OS. The first-order valence-corrected chi connectivity index (χ1v) is 7.49. The molecule has 1 rings (SSSR count). The molecule has 0 aliphatic carbocycles. The number of carbonyl (C=O) groups is 1. The van der Waals surface area contributed by atoms with Crippen molar-refractivity contribution in [2.24, 2.45) is 11.1 Å². The van der Waals surface area contributed by atoms with Gasteiger partial charge >= 0.3 is 0 Å². The van der Waals surface area contributed by atoms with Crippen LogP contribution >= 0.6 is 11.3 Å². The predicted octanol–water partition coefficient (Wildman–Crippen LogP) is 2.56. The van der Waals surface area contributed by atoms with Crippen LogP contribution in [0.15, 0.2) is 17.5 Å². The van der Waals surface area contributed by atoms with Gasteiger partial charge in [-0.2, -0.15) is 0 Å². The summed E-state index contributed by atoms with van der Waals surface area (Å²) in [6.07, 6.45) is 2.46. The number of thiophene rings is 1. The van der Waals surface area contributed by atoms with E-state index < -0.39 is 5.41 Å². The first kappa shape index (κ1) is 15.2. The largest absolute Gasteiger partial charge is 0.353 e. The van der Waals surface area contributed by atoms with Crippen LogP contribution in [0.5, 0.6) is 0 Å². The van der Waals surface area contributed by atoms with Gasteiger partial charge in [-0.1, -0.05) is 19.9 Å². The van der Waals surface area contributed by atoms with Gasteiger partial charge in [0.2, 0.25) is 5.91 Å². The number of hydrogen-bond donors (Lipinski definition) is 2. The summed E-state index contributed by atoms with van der Waals surface area (Å²) >= 11 is 1.73. The van der Waals surface area contributed by atoms with Gasteiger partial charge in [-0.3, -0.25) is 4.79 Å². The van der Waals surface area contributed by atoms with Gasteiger partial charge in [-0.25, -0.2) is 0 Å². The molecule has 4 heteroatoms. The molecule has 3 N–H and O–H groups in total. The summed E-state index contributed by atoms with van der Waals surface area (Å²) in [5, 5.41) is 5.16. The Morgan fingerprint density at radius 3 is 2.61 bits per heavy atom. The van der Waals surface area contributed by atoms with Gasteiger partial charge in [0.25, 0.3) is 0 Å². The van der Waals surface area contributed by atoms with E-state index in [0.29, 0.717) is 6.54 Å². The summed E-state index contributed by atoms with van der Waals surface area (Å²) in [5.74, 6) is 0.0963. The molecule has 3 nitrogen and oxygen atoms in total. The Morgan fingerprint density at radius 1 is 1.50 bits per heavy atom. The topological polar surface area (TPSA) is 55.1 Å². The molecule has 18 heavy (non-hydrogen) atoms. The molecule has 0 aliphatic heterocycles. The molecule has 0 saturated heterocycles. The molecule has 1 heterocycles. The lowest BCUT2D eigenvalue weighted by Crippen LogP contribution is -2.48. The summed E-state index contributed by atoms with van der Waals surface area (Å²) in [5.41, 5.74) is 5.38. The van der Waals surface area contributed by atoms with Crippen LogP contribution in [0.3, 0.4) is 0 Å². The maximum atomic E-state index is 12.3. The van der Waals surface area contributed by atoms with E-state index in [1.54, 1.807) is 11.3 Å². The minimum atomic E-state index is -0.399. The van der Waals surface area contributed by atoms with E-state index in [2.05, 4.69) is 16.8 Å². The summed E-state index contributed by atoms with van der Waals surface area (Å²) < 4.78 is 0. The third-order valence-electron chi connectivity index (χ3n) is 3.69. The SMILES string of the molecule is CCC(CC)(CN)C(=O)N[C@H](C)Cc1cccs1. The average molecular weight is 268 g/mol. The van der Waals surface area contributed by atoms with Crippen molar-refractivity contribution in [3.8, 4) is 0 Å². The number of hydrogen-bond acceptors (Lipinski definition) is 3. The highest BCUT2D eigenvalue weighted by Crippen LogP contribution is 2.25. The van der Waals surface area contributed by atoms with E-state index >= 15 is 0 Å². The van der Waals surface area contributed by atoms with E-state index in [0.717, 1.165) is 19.3 Å². The zero-order valence-corrected chi connectivity index (χ0v) is 12.3. The van der Waals surface area contributed by atoms with Gasteiger partial charge in [0, 0.05) is 23.9 Å². The molecule has 0 aliphatic rings. The normalized spacial score (nSPS) is 13.3. The predicted molar refractivity (Wildman–Crippen MR) is 77.7 cm³/mol. The smallest absolute Gasteiger partial charge is 0.227 e. The molecule has 0 saturated carbocycles. The monoisotopic (exact) mass is 268 g/mol. The Kier molecular flexibility index (Phi) is 5.82. The highest BCUT2D eigenvalue weighted by molar-refractivity contribution is 7.09. The maximum Gasteiger partial charge on any atom is 0.227 e. The lowest BCUT2D eigenvalue weighted by Gasteiger charge is -2.30. The fourth-order valence-corrected chi connectivity index (χ4v) is 2.95. The zero-order valence-electron chi connectivity index (χ0n) is 11.5. The zero-order chi connectivity index (χ0) is 13.6. The molecular weight excluding hydrogens is 244 g/mol. The lowest BCUT2D eigenvalue weighted by atomic mass is 9.81. The highest BCUT2D eigenvalue weighted by Gasteiger charge is 2.33. The molecule has 0 aromatic carbocycles. The Hall–Kier alpha value is -0.870. The molecule has 0 unspecified atom stereocenters. The second-order valence-electron chi connectivity index (χ2n) is 4.85. The fraction of sp³-hybridized carbons (Fsp3) is 0.643. The summed E-state index contributed by atoms with van der Waals surface area (Å²) in [6.45, 7) is 6.52. The number of nitrogens with one attached hydrogen (secondary N) is 1. The van der Waals surface area contributed by atoms with Crippen LogP contribution in [0, 0.1) is 5.41 Å². The summed E-state index contributed by atoms with van der Waals surface area (Å²) in [7, 11) is 0. The van der Waals surface area contributed by atoms with Crippen molar-refractivity contribution in [3.63, 3.8) is 0 Å². The third kappa shape index (κ3) is 3.56. The molecule has 1 aromatic rings. The van der Waals surface area contributed by atoms with Crippen molar-refractivity contribution in [2.75, 3.05) is 6.54 Å². The molecule has 0 fully saturated rings. The number of rotatable bonds is 7. The van der Waals surface area contributed by atoms with E-state index in [-0.39, 0.29) is 11.9 Å². The van der Waals surface area contributed by atoms with Crippen molar-refractivity contribution in [1.82, 2.24) is 5.32 Å². The van der Waals surface area contributed by atoms with Crippen molar-refractivity contribution < 1.29 is 4.79 Å². The molecule has 1 aromatic heterocycles. The second-order valence-corrected chi connectivity index (χ2v) is 5.88. The van der Waals surface area contributed by atoms with E-state index in [9.17, 15) is 4.79 Å². The van der Waals surface area contributed by atoms with Crippen molar-refractivity contribution >= 4 is 17.2 Å².